The topological polar surface area (TPSA) is 213 Å². The van der Waals surface area contributed by atoms with Crippen molar-refractivity contribution in [2.45, 2.75) is 77.6 Å². The van der Waals surface area contributed by atoms with Gasteiger partial charge in [-0.05, 0) is 18.3 Å². The lowest BCUT2D eigenvalue weighted by atomic mass is 9.76. The van der Waals surface area contributed by atoms with Crippen molar-refractivity contribution >= 4 is 18.0 Å². The minimum Gasteiger partial charge on any atom is -0.479 e. The summed E-state index contributed by atoms with van der Waals surface area (Å²) in [6, 6.07) is -1.35. The molecular formula is C25H48N2O12. The highest BCUT2D eigenvalue weighted by molar-refractivity contribution is 5.82. The van der Waals surface area contributed by atoms with Crippen molar-refractivity contribution in [2.24, 2.45) is 17.8 Å². The largest absolute Gasteiger partial charge is 0.479 e. The van der Waals surface area contributed by atoms with Crippen LogP contribution in [0.5, 0.6) is 0 Å². The molecule has 1 heterocycles. The van der Waals surface area contributed by atoms with Crippen LogP contribution in [-0.4, -0.2) is 127 Å². The van der Waals surface area contributed by atoms with Gasteiger partial charge in [0.25, 0.3) is 0 Å². The maximum absolute atomic E-state index is 12.6. The number of rotatable bonds is 16. The van der Waals surface area contributed by atoms with Crippen molar-refractivity contribution in [1.82, 2.24) is 10.6 Å². The highest BCUT2D eigenvalue weighted by Crippen LogP contribution is 2.34. The maximum Gasteiger partial charge on any atom is 0.407 e. The number of hydrogen-bond acceptors (Lipinski definition) is 11. The molecule has 1 rings (SSSR count). The number of aliphatic hydroxyl groups is 4. The van der Waals surface area contributed by atoms with Gasteiger partial charge in [-0.15, -0.1) is 0 Å². The zero-order chi connectivity index (χ0) is 30.1. The third-order valence-electron chi connectivity index (χ3n) is 6.41. The van der Waals surface area contributed by atoms with Crippen LogP contribution < -0.4 is 10.6 Å². The standard InChI is InChI=1S/C23H42N2O12.C2H6/c1-12(2)13(3)9-14-18(29)17(21(19(30)15(27)11-26)37-20(14)22(31)32)25-16(28)10-24-23(33)36-8-7-35-6-5-34-4;1-2/h12-15,17-21,26-27,29-30H,5-11H2,1-4H3,(H,24,33)(H,25,28)(H,31,32);1-2H3. The van der Waals surface area contributed by atoms with Gasteiger partial charge in [-0.25, -0.2) is 9.59 Å². The SMILES string of the molecule is CC.COCCOCCOC(=O)NCC(=O)NC1C(O)C(CC(C)C(C)C)C(C(=O)O)OC1C(O)C(O)CO. The van der Waals surface area contributed by atoms with Crippen LogP contribution in [0.1, 0.15) is 41.0 Å². The second-order valence-electron chi connectivity index (χ2n) is 9.40. The summed E-state index contributed by atoms with van der Waals surface area (Å²) in [7, 11) is 1.52. The quantitative estimate of drug-likeness (QED) is 0.113. The first kappa shape index (κ1) is 36.9. The number of amides is 2. The van der Waals surface area contributed by atoms with E-state index in [0.29, 0.717) is 13.2 Å². The van der Waals surface area contributed by atoms with Gasteiger partial charge in [0.15, 0.2) is 6.10 Å². The van der Waals surface area contributed by atoms with Gasteiger partial charge in [0, 0.05) is 13.0 Å². The molecule has 0 aromatic rings. The summed E-state index contributed by atoms with van der Waals surface area (Å²) in [5.41, 5.74) is 0. The molecule has 14 nitrogen and oxygen atoms in total. The van der Waals surface area contributed by atoms with Crippen LogP contribution in [0.3, 0.4) is 0 Å². The Morgan fingerprint density at radius 2 is 1.64 bits per heavy atom. The Morgan fingerprint density at radius 3 is 2.18 bits per heavy atom. The summed E-state index contributed by atoms with van der Waals surface area (Å²) in [6.45, 7) is 9.12. The number of alkyl carbamates (subject to hydrolysis) is 1. The predicted octanol–water partition coefficient (Wildman–Crippen LogP) is -0.888. The highest BCUT2D eigenvalue weighted by Gasteiger charge is 2.51. The molecule has 7 N–H and O–H groups in total. The fourth-order valence-electron chi connectivity index (χ4n) is 3.87. The van der Waals surface area contributed by atoms with Crippen molar-refractivity contribution in [1.29, 1.82) is 0 Å². The number of ether oxygens (including phenoxy) is 4. The first-order valence-electron chi connectivity index (χ1n) is 13.2. The summed E-state index contributed by atoms with van der Waals surface area (Å²) >= 11 is 0. The van der Waals surface area contributed by atoms with E-state index in [1.54, 1.807) is 0 Å². The Morgan fingerprint density at radius 1 is 1.03 bits per heavy atom. The first-order chi connectivity index (χ1) is 18.4. The molecule has 14 heteroatoms. The number of carboxylic acids is 1. The van der Waals surface area contributed by atoms with Gasteiger partial charge in [0.05, 0.1) is 38.6 Å². The van der Waals surface area contributed by atoms with Crippen LogP contribution in [0.25, 0.3) is 0 Å². The molecule has 8 unspecified atom stereocenters. The van der Waals surface area contributed by atoms with Gasteiger partial charge >= 0.3 is 12.1 Å². The molecule has 39 heavy (non-hydrogen) atoms. The summed E-state index contributed by atoms with van der Waals surface area (Å²) in [5, 5.41) is 55.2. The number of hydrogen-bond donors (Lipinski definition) is 7. The van der Waals surface area contributed by atoms with E-state index in [1.807, 2.05) is 34.6 Å². The molecule has 0 saturated carbocycles. The second-order valence-corrected chi connectivity index (χ2v) is 9.40. The van der Waals surface area contributed by atoms with Gasteiger partial charge < -0.3 is 55.1 Å². The minimum atomic E-state index is -1.83. The van der Waals surface area contributed by atoms with E-state index in [4.69, 9.17) is 18.9 Å². The molecule has 0 spiro atoms. The van der Waals surface area contributed by atoms with Gasteiger partial charge in [-0.3, -0.25) is 4.79 Å². The minimum absolute atomic E-state index is 0.0131. The third-order valence-corrected chi connectivity index (χ3v) is 6.41. The molecule has 0 radical (unpaired) electrons. The van der Waals surface area contributed by atoms with Crippen LogP contribution in [0, 0.1) is 17.8 Å². The first-order valence-corrected chi connectivity index (χ1v) is 13.2. The van der Waals surface area contributed by atoms with E-state index < -0.39 is 73.6 Å². The van der Waals surface area contributed by atoms with Crippen molar-refractivity contribution < 1.29 is 58.9 Å². The lowest BCUT2D eigenvalue weighted by Gasteiger charge is -2.46. The summed E-state index contributed by atoms with van der Waals surface area (Å²) in [5.74, 6) is -2.97. The fraction of sp³-hybridized carbons (Fsp3) is 0.880. The number of methoxy groups -OCH3 is 1. The van der Waals surface area contributed by atoms with Crippen molar-refractivity contribution in [2.75, 3.05) is 46.7 Å². The van der Waals surface area contributed by atoms with Crippen molar-refractivity contribution in [3.63, 3.8) is 0 Å². The van der Waals surface area contributed by atoms with Crippen molar-refractivity contribution in [3.05, 3.63) is 0 Å². The second kappa shape index (κ2) is 19.9. The third kappa shape index (κ3) is 12.8. The van der Waals surface area contributed by atoms with E-state index in [-0.39, 0.29) is 31.5 Å². The number of aliphatic hydroxyl groups excluding tert-OH is 4. The van der Waals surface area contributed by atoms with E-state index >= 15 is 0 Å². The van der Waals surface area contributed by atoms with E-state index in [0.717, 1.165) is 0 Å². The Kier molecular flexibility index (Phi) is 18.8. The lowest BCUT2D eigenvalue weighted by molar-refractivity contribution is -0.215. The molecule has 0 aromatic carbocycles. The molecule has 1 aliphatic heterocycles. The van der Waals surface area contributed by atoms with Crippen molar-refractivity contribution in [3.8, 4) is 0 Å². The molecule has 0 bridgehead atoms. The number of aliphatic carboxylic acids is 1. The summed E-state index contributed by atoms with van der Waals surface area (Å²) in [4.78, 5) is 36.3. The summed E-state index contributed by atoms with van der Waals surface area (Å²) in [6.07, 6.45) is -8.79. The fourth-order valence-corrected chi connectivity index (χ4v) is 3.87. The molecule has 0 aliphatic carbocycles. The predicted molar refractivity (Wildman–Crippen MR) is 139 cm³/mol. The maximum atomic E-state index is 12.6. The average Bonchev–Trinajstić information content (AvgIpc) is 2.91. The van der Waals surface area contributed by atoms with Gasteiger partial charge in [-0.1, -0.05) is 34.6 Å². The number of carbonyl (C=O) groups is 3. The zero-order valence-electron chi connectivity index (χ0n) is 23.7. The van der Waals surface area contributed by atoms with Gasteiger partial charge in [0.2, 0.25) is 5.91 Å². The van der Waals surface area contributed by atoms with E-state index in [9.17, 15) is 39.9 Å². The molecule has 0 aromatic heterocycles. The van der Waals surface area contributed by atoms with Gasteiger partial charge in [0.1, 0.15) is 31.5 Å². The molecular weight excluding hydrogens is 520 g/mol. The van der Waals surface area contributed by atoms with Gasteiger partial charge in [-0.2, -0.15) is 0 Å². The smallest absolute Gasteiger partial charge is 0.407 e. The van der Waals surface area contributed by atoms with Crippen LogP contribution in [-0.2, 0) is 28.5 Å². The average molecular weight is 569 g/mol. The Labute approximate surface area is 230 Å². The lowest BCUT2D eigenvalue weighted by Crippen LogP contribution is -2.67. The molecule has 1 saturated heterocycles. The Balaban J connectivity index is 0.00000704. The molecule has 1 fully saturated rings. The molecule has 1 aliphatic rings. The van der Waals surface area contributed by atoms with Crippen LogP contribution >= 0.6 is 0 Å². The number of carboxylic acid groups (broad SMARTS) is 1. The van der Waals surface area contributed by atoms with Crippen LogP contribution in [0.15, 0.2) is 0 Å². The Hall–Kier alpha value is -2.07. The monoisotopic (exact) mass is 568 g/mol. The summed E-state index contributed by atoms with van der Waals surface area (Å²) < 4.78 is 20.4. The molecule has 2 amide bonds. The van der Waals surface area contributed by atoms with Crippen LogP contribution in [0.2, 0.25) is 0 Å². The number of nitrogens with one attached hydrogen (secondary N) is 2. The molecule has 230 valence electrons. The normalized spacial score (nSPS) is 25.1. The van der Waals surface area contributed by atoms with Crippen LogP contribution in [0.4, 0.5) is 4.79 Å². The molecule has 8 atom stereocenters. The van der Waals surface area contributed by atoms with E-state index in [1.165, 1.54) is 7.11 Å². The zero-order valence-corrected chi connectivity index (χ0v) is 23.7. The van der Waals surface area contributed by atoms with E-state index in [2.05, 4.69) is 10.6 Å². The Bertz CT molecular complexity index is 711. The number of carbonyl (C=O) groups excluding carboxylic acids is 2. The highest BCUT2D eigenvalue weighted by atomic mass is 16.6.